The molecule has 0 fully saturated rings. The minimum atomic E-state index is 0.169. The van der Waals surface area contributed by atoms with Crippen molar-refractivity contribution in [2.24, 2.45) is 0 Å². The van der Waals surface area contributed by atoms with Gasteiger partial charge in [0.05, 0.1) is 24.2 Å². The van der Waals surface area contributed by atoms with E-state index in [1.807, 2.05) is 28.8 Å². The Morgan fingerprint density at radius 2 is 2.14 bits per heavy atom. The number of rotatable bonds is 1. The first-order chi connectivity index (χ1) is 10.3. The van der Waals surface area contributed by atoms with Crippen molar-refractivity contribution in [3.8, 4) is 11.8 Å². The van der Waals surface area contributed by atoms with Crippen LogP contribution in [0.5, 0.6) is 5.75 Å². The highest BCUT2D eigenvalue weighted by molar-refractivity contribution is 5.46. The lowest BCUT2D eigenvalue weighted by Crippen LogP contribution is -2.21. The standard InChI is InChI=1S/C16H12N4O/c17-9-11-5-6-20-15(7-11)18-19-16(20)13-8-12-3-1-2-4-14(12)21-10-13/h1-7,13H,8,10H2. The number of para-hydroxylation sites is 1. The van der Waals surface area contributed by atoms with E-state index < -0.39 is 0 Å². The molecule has 0 spiro atoms. The highest BCUT2D eigenvalue weighted by Crippen LogP contribution is 2.31. The number of nitriles is 1. The number of fused-ring (bicyclic) bond motifs is 2. The summed E-state index contributed by atoms with van der Waals surface area (Å²) in [5.74, 6) is 2.00. The summed E-state index contributed by atoms with van der Waals surface area (Å²) < 4.78 is 7.75. The molecular formula is C16H12N4O. The first-order valence-electron chi connectivity index (χ1n) is 6.80. The number of nitrogens with zero attached hydrogens (tertiary/aromatic N) is 4. The van der Waals surface area contributed by atoms with Crippen LogP contribution in [0, 0.1) is 11.3 Å². The van der Waals surface area contributed by atoms with Gasteiger partial charge in [-0.1, -0.05) is 18.2 Å². The molecule has 1 unspecified atom stereocenters. The van der Waals surface area contributed by atoms with E-state index >= 15 is 0 Å². The zero-order valence-corrected chi connectivity index (χ0v) is 11.2. The summed E-state index contributed by atoms with van der Waals surface area (Å²) >= 11 is 0. The molecule has 1 aliphatic rings. The lowest BCUT2D eigenvalue weighted by molar-refractivity contribution is 0.257. The molecule has 1 aromatic carbocycles. The fraction of sp³-hybridized carbons (Fsp3) is 0.188. The van der Waals surface area contributed by atoms with Crippen molar-refractivity contribution in [2.75, 3.05) is 6.61 Å². The normalized spacial score (nSPS) is 17.0. The Balaban J connectivity index is 1.74. The van der Waals surface area contributed by atoms with Crippen molar-refractivity contribution < 1.29 is 4.74 Å². The fourth-order valence-corrected chi connectivity index (χ4v) is 2.75. The SMILES string of the molecule is N#Cc1ccn2c(C3COc4ccccc4C3)nnc2c1. The number of benzene rings is 1. The van der Waals surface area contributed by atoms with Crippen LogP contribution in [0.2, 0.25) is 0 Å². The van der Waals surface area contributed by atoms with Crippen LogP contribution in [0.1, 0.15) is 22.9 Å². The van der Waals surface area contributed by atoms with Crippen LogP contribution < -0.4 is 4.74 Å². The van der Waals surface area contributed by atoms with E-state index in [-0.39, 0.29) is 5.92 Å². The second kappa shape index (κ2) is 4.60. The van der Waals surface area contributed by atoms with E-state index in [9.17, 15) is 0 Å². The molecule has 2 aromatic heterocycles. The number of aromatic nitrogens is 3. The third kappa shape index (κ3) is 1.93. The summed E-state index contributed by atoms with van der Waals surface area (Å²) in [7, 11) is 0. The van der Waals surface area contributed by atoms with Crippen LogP contribution in [0.3, 0.4) is 0 Å². The van der Waals surface area contributed by atoms with E-state index in [2.05, 4.69) is 22.3 Å². The molecule has 0 bridgehead atoms. The predicted octanol–water partition coefficient (Wildman–Crippen LogP) is 2.32. The zero-order chi connectivity index (χ0) is 14.2. The molecule has 3 aromatic rings. The molecule has 0 saturated carbocycles. The van der Waals surface area contributed by atoms with E-state index in [4.69, 9.17) is 10.00 Å². The molecule has 0 saturated heterocycles. The summed E-state index contributed by atoms with van der Waals surface area (Å²) in [6.07, 6.45) is 2.74. The maximum absolute atomic E-state index is 8.93. The van der Waals surface area contributed by atoms with E-state index in [1.54, 1.807) is 12.1 Å². The summed E-state index contributed by atoms with van der Waals surface area (Å²) in [6.45, 7) is 0.595. The topological polar surface area (TPSA) is 63.2 Å². The molecule has 0 amide bonds. The molecule has 0 N–H and O–H groups in total. The van der Waals surface area contributed by atoms with Crippen molar-refractivity contribution in [2.45, 2.75) is 12.3 Å². The van der Waals surface area contributed by atoms with Crippen LogP contribution in [0.25, 0.3) is 5.65 Å². The van der Waals surface area contributed by atoms with Crippen molar-refractivity contribution in [1.29, 1.82) is 5.26 Å². The van der Waals surface area contributed by atoms with Crippen molar-refractivity contribution in [1.82, 2.24) is 14.6 Å². The lowest BCUT2D eigenvalue weighted by atomic mass is 9.96. The quantitative estimate of drug-likeness (QED) is 0.684. The monoisotopic (exact) mass is 276 g/mol. The largest absolute Gasteiger partial charge is 0.493 e. The van der Waals surface area contributed by atoms with E-state index in [0.29, 0.717) is 17.8 Å². The number of hydrogen-bond donors (Lipinski definition) is 0. The van der Waals surface area contributed by atoms with Crippen LogP contribution in [-0.2, 0) is 6.42 Å². The number of ether oxygens (including phenoxy) is 1. The molecule has 0 aliphatic carbocycles. The Kier molecular flexibility index (Phi) is 2.61. The summed E-state index contributed by atoms with van der Waals surface area (Å²) in [4.78, 5) is 0. The minimum Gasteiger partial charge on any atom is -0.493 e. The van der Waals surface area contributed by atoms with Gasteiger partial charge in [-0.15, -0.1) is 10.2 Å². The maximum Gasteiger partial charge on any atom is 0.162 e. The van der Waals surface area contributed by atoms with Crippen LogP contribution in [0.4, 0.5) is 0 Å². The highest BCUT2D eigenvalue weighted by atomic mass is 16.5. The molecule has 5 nitrogen and oxygen atoms in total. The summed E-state index contributed by atoms with van der Waals surface area (Å²) in [5, 5.41) is 17.4. The number of pyridine rings is 1. The molecule has 3 heterocycles. The van der Waals surface area contributed by atoms with Crippen LogP contribution >= 0.6 is 0 Å². The molecule has 4 rings (SSSR count). The zero-order valence-electron chi connectivity index (χ0n) is 11.2. The van der Waals surface area contributed by atoms with Gasteiger partial charge in [0.25, 0.3) is 0 Å². The Labute approximate surface area is 121 Å². The number of hydrogen-bond acceptors (Lipinski definition) is 4. The molecule has 1 atom stereocenters. The van der Waals surface area contributed by atoms with E-state index in [0.717, 1.165) is 18.0 Å². The Hall–Kier alpha value is -2.87. The second-order valence-electron chi connectivity index (χ2n) is 5.13. The smallest absolute Gasteiger partial charge is 0.162 e. The minimum absolute atomic E-state index is 0.169. The first kappa shape index (κ1) is 11.9. The van der Waals surface area contributed by atoms with Gasteiger partial charge in [-0.2, -0.15) is 5.26 Å². The van der Waals surface area contributed by atoms with Gasteiger partial charge in [0.15, 0.2) is 5.65 Å². The van der Waals surface area contributed by atoms with Crippen LogP contribution in [-0.4, -0.2) is 21.2 Å². The lowest BCUT2D eigenvalue weighted by Gasteiger charge is -2.24. The van der Waals surface area contributed by atoms with Gasteiger partial charge >= 0.3 is 0 Å². The Bertz CT molecular complexity index is 862. The maximum atomic E-state index is 8.93. The molecule has 0 radical (unpaired) electrons. The van der Waals surface area contributed by atoms with Gasteiger partial charge in [-0.25, -0.2) is 0 Å². The van der Waals surface area contributed by atoms with E-state index in [1.165, 1.54) is 5.56 Å². The Morgan fingerprint density at radius 1 is 1.24 bits per heavy atom. The second-order valence-corrected chi connectivity index (χ2v) is 5.13. The molecular weight excluding hydrogens is 264 g/mol. The van der Waals surface area contributed by atoms with Crippen molar-refractivity contribution >= 4 is 5.65 Å². The van der Waals surface area contributed by atoms with Gasteiger partial charge in [0.2, 0.25) is 0 Å². The predicted molar refractivity (Wildman–Crippen MR) is 76.1 cm³/mol. The third-order valence-corrected chi connectivity index (χ3v) is 3.81. The fourth-order valence-electron chi connectivity index (χ4n) is 2.75. The third-order valence-electron chi connectivity index (χ3n) is 3.81. The van der Waals surface area contributed by atoms with Gasteiger partial charge in [0.1, 0.15) is 11.6 Å². The molecule has 1 aliphatic heterocycles. The Morgan fingerprint density at radius 3 is 3.05 bits per heavy atom. The summed E-state index contributed by atoms with van der Waals surface area (Å²) in [5.41, 5.74) is 2.48. The van der Waals surface area contributed by atoms with Gasteiger partial charge in [-0.05, 0) is 24.1 Å². The first-order valence-corrected chi connectivity index (χ1v) is 6.80. The molecule has 102 valence electrons. The summed E-state index contributed by atoms with van der Waals surface area (Å²) in [6, 6.07) is 13.7. The molecule has 5 heteroatoms. The highest BCUT2D eigenvalue weighted by Gasteiger charge is 2.25. The molecule has 21 heavy (non-hydrogen) atoms. The average Bonchev–Trinajstić information content (AvgIpc) is 2.97. The average molecular weight is 276 g/mol. The van der Waals surface area contributed by atoms with Gasteiger partial charge in [-0.3, -0.25) is 4.40 Å². The van der Waals surface area contributed by atoms with Crippen LogP contribution in [0.15, 0.2) is 42.6 Å². The van der Waals surface area contributed by atoms with Crippen molar-refractivity contribution in [3.63, 3.8) is 0 Å². The van der Waals surface area contributed by atoms with Gasteiger partial charge in [0, 0.05) is 12.3 Å². The van der Waals surface area contributed by atoms with Gasteiger partial charge < -0.3 is 4.74 Å². The van der Waals surface area contributed by atoms with Crippen molar-refractivity contribution in [3.05, 3.63) is 59.5 Å².